The highest BCUT2D eigenvalue weighted by molar-refractivity contribution is 5.14. The standard InChI is InChI=1S/C9H14N2O/c1-2-12-7-9(10)8-3-5-11-6-4-8/h3-6,9H,2,7,10H2,1H3. The van der Waals surface area contributed by atoms with Crippen molar-refractivity contribution >= 4 is 0 Å². The highest BCUT2D eigenvalue weighted by Crippen LogP contribution is 2.07. The molecule has 0 fully saturated rings. The second-order valence-electron chi connectivity index (χ2n) is 2.55. The van der Waals surface area contributed by atoms with Crippen LogP contribution in [0.3, 0.4) is 0 Å². The lowest BCUT2D eigenvalue weighted by atomic mass is 10.1. The molecule has 1 rings (SSSR count). The van der Waals surface area contributed by atoms with Gasteiger partial charge < -0.3 is 10.5 Å². The number of ether oxygens (including phenoxy) is 1. The van der Waals surface area contributed by atoms with Crippen LogP contribution in [-0.4, -0.2) is 18.2 Å². The van der Waals surface area contributed by atoms with Crippen LogP contribution in [0.15, 0.2) is 24.5 Å². The van der Waals surface area contributed by atoms with E-state index < -0.39 is 0 Å². The molecule has 0 saturated heterocycles. The normalized spacial score (nSPS) is 12.8. The van der Waals surface area contributed by atoms with Gasteiger partial charge >= 0.3 is 0 Å². The molecular formula is C9H14N2O. The van der Waals surface area contributed by atoms with Crippen molar-refractivity contribution in [3.05, 3.63) is 30.1 Å². The number of nitrogens with two attached hydrogens (primary N) is 1. The van der Waals surface area contributed by atoms with Crippen LogP contribution < -0.4 is 5.73 Å². The molecule has 0 aliphatic rings. The van der Waals surface area contributed by atoms with Gasteiger partial charge in [0.25, 0.3) is 0 Å². The first kappa shape index (κ1) is 9.16. The monoisotopic (exact) mass is 166 g/mol. The van der Waals surface area contributed by atoms with Crippen molar-refractivity contribution in [2.24, 2.45) is 5.73 Å². The van der Waals surface area contributed by atoms with Gasteiger partial charge in [0.2, 0.25) is 0 Å². The SMILES string of the molecule is CCOCC(N)c1ccncc1. The van der Waals surface area contributed by atoms with Crippen molar-refractivity contribution in [1.82, 2.24) is 4.98 Å². The fourth-order valence-electron chi connectivity index (χ4n) is 0.952. The zero-order valence-corrected chi connectivity index (χ0v) is 7.23. The van der Waals surface area contributed by atoms with Crippen molar-refractivity contribution in [3.63, 3.8) is 0 Å². The van der Waals surface area contributed by atoms with Crippen LogP contribution in [-0.2, 0) is 4.74 Å². The average molecular weight is 166 g/mol. The molecule has 0 amide bonds. The highest BCUT2D eigenvalue weighted by atomic mass is 16.5. The minimum absolute atomic E-state index is 0.0343. The molecule has 1 aromatic rings. The third-order valence-electron chi connectivity index (χ3n) is 1.64. The van der Waals surface area contributed by atoms with Crippen LogP contribution in [0.25, 0.3) is 0 Å². The number of nitrogens with zero attached hydrogens (tertiary/aromatic N) is 1. The quantitative estimate of drug-likeness (QED) is 0.729. The Balaban J connectivity index is 2.48. The van der Waals surface area contributed by atoms with Crippen molar-refractivity contribution in [3.8, 4) is 0 Å². The molecule has 66 valence electrons. The van der Waals surface area contributed by atoms with E-state index in [9.17, 15) is 0 Å². The van der Waals surface area contributed by atoms with Gasteiger partial charge in [0.1, 0.15) is 0 Å². The molecular weight excluding hydrogens is 152 g/mol. The van der Waals surface area contributed by atoms with Crippen molar-refractivity contribution in [1.29, 1.82) is 0 Å². The van der Waals surface area contributed by atoms with Gasteiger partial charge in [0, 0.05) is 19.0 Å². The molecule has 12 heavy (non-hydrogen) atoms. The number of pyridine rings is 1. The van der Waals surface area contributed by atoms with Gasteiger partial charge in [-0.25, -0.2) is 0 Å². The Hall–Kier alpha value is -0.930. The zero-order chi connectivity index (χ0) is 8.81. The van der Waals surface area contributed by atoms with Crippen molar-refractivity contribution in [2.45, 2.75) is 13.0 Å². The maximum atomic E-state index is 5.83. The van der Waals surface area contributed by atoms with Crippen LogP contribution in [0.2, 0.25) is 0 Å². The van der Waals surface area contributed by atoms with E-state index >= 15 is 0 Å². The van der Waals surface area contributed by atoms with Crippen molar-refractivity contribution < 1.29 is 4.74 Å². The minimum Gasteiger partial charge on any atom is -0.380 e. The molecule has 0 bridgehead atoms. The molecule has 1 unspecified atom stereocenters. The van der Waals surface area contributed by atoms with Gasteiger partial charge in [-0.3, -0.25) is 4.98 Å². The molecule has 3 heteroatoms. The summed E-state index contributed by atoms with van der Waals surface area (Å²) in [4.78, 5) is 3.91. The maximum absolute atomic E-state index is 5.83. The van der Waals surface area contributed by atoms with E-state index in [1.807, 2.05) is 19.1 Å². The van der Waals surface area contributed by atoms with E-state index in [1.54, 1.807) is 12.4 Å². The Kier molecular flexibility index (Phi) is 3.70. The van der Waals surface area contributed by atoms with Crippen LogP contribution >= 0.6 is 0 Å². The molecule has 2 N–H and O–H groups in total. The molecule has 0 radical (unpaired) electrons. The highest BCUT2D eigenvalue weighted by Gasteiger charge is 2.03. The molecule has 0 aliphatic carbocycles. The Morgan fingerprint density at radius 3 is 2.75 bits per heavy atom. The molecule has 0 spiro atoms. The predicted octanol–water partition coefficient (Wildman–Crippen LogP) is 1.12. The summed E-state index contributed by atoms with van der Waals surface area (Å²) in [6.07, 6.45) is 3.47. The Labute approximate surface area is 72.6 Å². The smallest absolute Gasteiger partial charge is 0.0659 e. The molecule has 0 saturated carbocycles. The fourth-order valence-corrected chi connectivity index (χ4v) is 0.952. The molecule has 3 nitrogen and oxygen atoms in total. The third-order valence-corrected chi connectivity index (χ3v) is 1.64. The molecule has 0 aliphatic heterocycles. The van der Waals surface area contributed by atoms with Gasteiger partial charge in [0.15, 0.2) is 0 Å². The number of rotatable bonds is 4. The van der Waals surface area contributed by atoms with E-state index in [0.717, 1.165) is 5.56 Å². The Bertz CT molecular complexity index is 213. The number of hydrogen-bond acceptors (Lipinski definition) is 3. The average Bonchev–Trinajstić information content (AvgIpc) is 2.15. The Morgan fingerprint density at radius 2 is 2.17 bits per heavy atom. The molecule has 1 atom stereocenters. The summed E-state index contributed by atoms with van der Waals surface area (Å²) in [7, 11) is 0. The Morgan fingerprint density at radius 1 is 1.50 bits per heavy atom. The zero-order valence-electron chi connectivity index (χ0n) is 7.23. The van der Waals surface area contributed by atoms with E-state index in [0.29, 0.717) is 13.2 Å². The first-order valence-corrected chi connectivity index (χ1v) is 4.08. The second kappa shape index (κ2) is 4.85. The van der Waals surface area contributed by atoms with Gasteiger partial charge in [-0.2, -0.15) is 0 Å². The van der Waals surface area contributed by atoms with E-state index in [4.69, 9.17) is 10.5 Å². The predicted molar refractivity (Wildman–Crippen MR) is 47.7 cm³/mol. The second-order valence-corrected chi connectivity index (χ2v) is 2.55. The van der Waals surface area contributed by atoms with E-state index in [1.165, 1.54) is 0 Å². The van der Waals surface area contributed by atoms with Crippen LogP contribution in [0.5, 0.6) is 0 Å². The summed E-state index contributed by atoms with van der Waals surface area (Å²) in [5.74, 6) is 0. The van der Waals surface area contributed by atoms with E-state index in [2.05, 4.69) is 4.98 Å². The summed E-state index contributed by atoms with van der Waals surface area (Å²) >= 11 is 0. The molecule has 0 aromatic carbocycles. The van der Waals surface area contributed by atoms with Gasteiger partial charge in [-0.05, 0) is 24.6 Å². The minimum atomic E-state index is -0.0343. The summed E-state index contributed by atoms with van der Waals surface area (Å²) in [5, 5.41) is 0. The third kappa shape index (κ3) is 2.60. The maximum Gasteiger partial charge on any atom is 0.0659 e. The van der Waals surface area contributed by atoms with Crippen LogP contribution in [0.4, 0.5) is 0 Å². The lowest BCUT2D eigenvalue weighted by Crippen LogP contribution is -2.16. The van der Waals surface area contributed by atoms with Crippen molar-refractivity contribution in [2.75, 3.05) is 13.2 Å². The molecule has 1 heterocycles. The lowest BCUT2D eigenvalue weighted by Gasteiger charge is -2.10. The first-order valence-electron chi connectivity index (χ1n) is 4.08. The summed E-state index contributed by atoms with van der Waals surface area (Å²) in [5.41, 5.74) is 6.90. The van der Waals surface area contributed by atoms with E-state index in [-0.39, 0.29) is 6.04 Å². The summed E-state index contributed by atoms with van der Waals surface area (Å²) in [6, 6.07) is 3.78. The lowest BCUT2D eigenvalue weighted by molar-refractivity contribution is 0.133. The number of hydrogen-bond donors (Lipinski definition) is 1. The van der Waals surface area contributed by atoms with Gasteiger partial charge in [-0.15, -0.1) is 0 Å². The first-order chi connectivity index (χ1) is 5.84. The summed E-state index contributed by atoms with van der Waals surface area (Å²) < 4.78 is 5.20. The summed E-state index contributed by atoms with van der Waals surface area (Å²) in [6.45, 7) is 3.23. The van der Waals surface area contributed by atoms with Crippen LogP contribution in [0, 0.1) is 0 Å². The topological polar surface area (TPSA) is 48.1 Å². The van der Waals surface area contributed by atoms with Crippen LogP contribution in [0.1, 0.15) is 18.5 Å². The number of aromatic nitrogens is 1. The van der Waals surface area contributed by atoms with Gasteiger partial charge in [-0.1, -0.05) is 0 Å². The fraction of sp³-hybridized carbons (Fsp3) is 0.444. The van der Waals surface area contributed by atoms with Gasteiger partial charge in [0.05, 0.1) is 12.6 Å². The largest absolute Gasteiger partial charge is 0.380 e. The molecule has 1 aromatic heterocycles.